The summed E-state index contributed by atoms with van der Waals surface area (Å²) in [6.07, 6.45) is 0. The Bertz CT molecular complexity index is 560. The number of morpholine rings is 1. The molecule has 2 rings (SSSR count). The van der Waals surface area contributed by atoms with Gasteiger partial charge in [-0.2, -0.15) is 0 Å². The minimum absolute atomic E-state index is 0.108. The molecule has 0 spiro atoms. The van der Waals surface area contributed by atoms with Gasteiger partial charge in [-0.05, 0) is 18.2 Å². The Balaban J connectivity index is 2.03. The maximum absolute atomic E-state index is 13.4. The number of hydrogen-bond donors (Lipinski definition) is 2. The van der Waals surface area contributed by atoms with Crippen LogP contribution in [0.3, 0.4) is 0 Å². The minimum atomic E-state index is -0.696. The van der Waals surface area contributed by atoms with Crippen LogP contribution in [0.15, 0.2) is 18.2 Å². The maximum atomic E-state index is 13.4. The Morgan fingerprint density at radius 2 is 2.00 bits per heavy atom. The Kier molecular flexibility index (Phi) is 3.94. The van der Waals surface area contributed by atoms with Gasteiger partial charge in [0.1, 0.15) is 25.6 Å². The van der Waals surface area contributed by atoms with E-state index >= 15 is 0 Å². The van der Waals surface area contributed by atoms with Crippen molar-refractivity contribution < 1.29 is 23.5 Å². The van der Waals surface area contributed by atoms with Crippen LogP contribution in [0.2, 0.25) is 0 Å². The van der Waals surface area contributed by atoms with Crippen molar-refractivity contribution in [2.75, 3.05) is 30.8 Å². The fourth-order valence-electron chi connectivity index (χ4n) is 1.67. The number of anilines is 2. The smallest absolute Gasteiger partial charge is 0.255 e. The number of carbonyl (C=O) groups is 3. The van der Waals surface area contributed by atoms with Crippen LogP contribution in [-0.4, -0.2) is 42.4 Å². The van der Waals surface area contributed by atoms with E-state index in [1.54, 1.807) is 0 Å². The van der Waals surface area contributed by atoms with Gasteiger partial charge in [0.25, 0.3) is 11.8 Å². The molecular formula is C12H12FN3O4. The van der Waals surface area contributed by atoms with Crippen molar-refractivity contribution in [1.82, 2.24) is 4.90 Å². The van der Waals surface area contributed by atoms with E-state index in [2.05, 4.69) is 5.32 Å². The number of halogens is 1. The number of ether oxygens (including phenoxy) is 1. The first-order valence-electron chi connectivity index (χ1n) is 5.73. The molecule has 0 radical (unpaired) electrons. The molecule has 7 nitrogen and oxygen atoms in total. The normalized spacial score (nSPS) is 15.3. The van der Waals surface area contributed by atoms with Gasteiger partial charge in [0, 0.05) is 5.69 Å². The third-order valence-electron chi connectivity index (χ3n) is 2.62. The summed E-state index contributed by atoms with van der Waals surface area (Å²) in [6, 6.07) is 3.70. The zero-order valence-electron chi connectivity index (χ0n) is 10.4. The summed E-state index contributed by atoms with van der Waals surface area (Å²) < 4.78 is 18.1. The number of nitrogens with two attached hydrogens (primary N) is 1. The van der Waals surface area contributed by atoms with E-state index in [9.17, 15) is 18.8 Å². The highest BCUT2D eigenvalue weighted by Gasteiger charge is 2.28. The number of hydrogen-bond acceptors (Lipinski definition) is 5. The average molecular weight is 281 g/mol. The van der Waals surface area contributed by atoms with Crippen LogP contribution in [0.4, 0.5) is 15.8 Å². The Labute approximate surface area is 113 Å². The van der Waals surface area contributed by atoms with Crippen molar-refractivity contribution in [3.8, 4) is 0 Å². The molecule has 1 aliphatic rings. The van der Waals surface area contributed by atoms with E-state index in [1.165, 1.54) is 12.1 Å². The molecule has 106 valence electrons. The first-order chi connectivity index (χ1) is 9.47. The van der Waals surface area contributed by atoms with Crippen LogP contribution in [0, 0.1) is 5.82 Å². The molecule has 8 heteroatoms. The van der Waals surface area contributed by atoms with Crippen LogP contribution < -0.4 is 11.1 Å². The summed E-state index contributed by atoms with van der Waals surface area (Å²) in [4.78, 5) is 35.3. The van der Waals surface area contributed by atoms with E-state index < -0.39 is 30.1 Å². The summed E-state index contributed by atoms with van der Waals surface area (Å²) in [5, 5.41) is 2.26. The second-order valence-corrected chi connectivity index (χ2v) is 4.15. The van der Waals surface area contributed by atoms with E-state index in [0.29, 0.717) is 0 Å². The molecule has 0 bridgehead atoms. The highest BCUT2D eigenvalue weighted by Crippen LogP contribution is 2.17. The van der Waals surface area contributed by atoms with Crippen LogP contribution in [-0.2, 0) is 19.1 Å². The molecule has 0 unspecified atom stereocenters. The van der Waals surface area contributed by atoms with Gasteiger partial charge in [-0.15, -0.1) is 0 Å². The van der Waals surface area contributed by atoms with Crippen LogP contribution >= 0.6 is 0 Å². The Morgan fingerprint density at radius 1 is 1.35 bits per heavy atom. The lowest BCUT2D eigenvalue weighted by atomic mass is 10.2. The lowest BCUT2D eigenvalue weighted by molar-refractivity contribution is -0.159. The van der Waals surface area contributed by atoms with Crippen molar-refractivity contribution in [3.05, 3.63) is 24.0 Å². The Hall–Kier alpha value is -2.48. The van der Waals surface area contributed by atoms with Gasteiger partial charge in [0.15, 0.2) is 0 Å². The molecule has 1 aliphatic heterocycles. The molecule has 0 saturated carbocycles. The standard InChI is InChI=1S/C12H12FN3O4/c13-8-2-1-7(14)3-9(8)15-10(17)4-16-11(18)5-20-6-12(16)19/h1-3H,4-6,14H2,(H,15,17). The molecule has 1 aromatic carbocycles. The summed E-state index contributed by atoms with van der Waals surface area (Å²) in [6.45, 7) is -1.01. The third kappa shape index (κ3) is 3.09. The van der Waals surface area contributed by atoms with Crippen molar-refractivity contribution >= 4 is 29.1 Å². The zero-order chi connectivity index (χ0) is 14.7. The predicted octanol–water partition coefficient (Wildman–Crippen LogP) is -0.268. The van der Waals surface area contributed by atoms with Gasteiger partial charge >= 0.3 is 0 Å². The van der Waals surface area contributed by atoms with Crippen molar-refractivity contribution in [1.29, 1.82) is 0 Å². The Morgan fingerprint density at radius 3 is 2.65 bits per heavy atom. The summed E-state index contributed by atoms with van der Waals surface area (Å²) in [5.41, 5.74) is 5.65. The van der Waals surface area contributed by atoms with E-state index in [-0.39, 0.29) is 24.6 Å². The molecular weight excluding hydrogens is 269 g/mol. The van der Waals surface area contributed by atoms with Gasteiger partial charge in [0.05, 0.1) is 5.69 Å². The molecule has 0 atom stereocenters. The monoisotopic (exact) mass is 281 g/mol. The van der Waals surface area contributed by atoms with E-state index in [0.717, 1.165) is 11.0 Å². The molecule has 3 amide bonds. The fraction of sp³-hybridized carbons (Fsp3) is 0.250. The van der Waals surface area contributed by atoms with E-state index in [1.807, 2.05) is 0 Å². The summed E-state index contributed by atoms with van der Waals surface area (Å²) >= 11 is 0. The number of nitrogens with one attached hydrogen (secondary N) is 1. The van der Waals surface area contributed by atoms with Gasteiger partial charge in [-0.1, -0.05) is 0 Å². The largest absolute Gasteiger partial charge is 0.399 e. The maximum Gasteiger partial charge on any atom is 0.255 e. The average Bonchev–Trinajstić information content (AvgIpc) is 2.38. The number of carbonyl (C=O) groups excluding carboxylic acids is 3. The number of rotatable bonds is 3. The number of nitrogen functional groups attached to an aromatic ring is 1. The second kappa shape index (κ2) is 5.66. The van der Waals surface area contributed by atoms with Gasteiger partial charge in [0.2, 0.25) is 5.91 Å². The molecule has 0 aliphatic carbocycles. The zero-order valence-corrected chi connectivity index (χ0v) is 10.4. The second-order valence-electron chi connectivity index (χ2n) is 4.15. The lowest BCUT2D eigenvalue weighted by Gasteiger charge is -2.24. The van der Waals surface area contributed by atoms with Gasteiger partial charge in [-0.25, -0.2) is 4.39 Å². The topological polar surface area (TPSA) is 102 Å². The third-order valence-corrected chi connectivity index (χ3v) is 2.62. The molecule has 1 saturated heterocycles. The summed E-state index contributed by atoms with van der Waals surface area (Å²) in [5.74, 6) is -2.57. The molecule has 0 aromatic heterocycles. The van der Waals surface area contributed by atoms with Crippen molar-refractivity contribution in [3.63, 3.8) is 0 Å². The fourth-order valence-corrected chi connectivity index (χ4v) is 1.67. The number of benzene rings is 1. The minimum Gasteiger partial charge on any atom is -0.399 e. The molecule has 1 fully saturated rings. The molecule has 20 heavy (non-hydrogen) atoms. The number of nitrogens with zero attached hydrogens (tertiary/aromatic N) is 1. The quantitative estimate of drug-likeness (QED) is 0.586. The number of imide groups is 1. The lowest BCUT2D eigenvalue weighted by Crippen LogP contribution is -2.49. The number of amides is 3. The molecule has 1 aromatic rings. The van der Waals surface area contributed by atoms with Gasteiger partial charge < -0.3 is 15.8 Å². The van der Waals surface area contributed by atoms with Crippen LogP contribution in [0.5, 0.6) is 0 Å². The molecule has 3 N–H and O–H groups in total. The highest BCUT2D eigenvalue weighted by molar-refractivity contribution is 6.03. The van der Waals surface area contributed by atoms with Crippen LogP contribution in [0.25, 0.3) is 0 Å². The highest BCUT2D eigenvalue weighted by atomic mass is 19.1. The SMILES string of the molecule is Nc1ccc(F)c(NC(=O)CN2C(=O)COCC2=O)c1. The van der Waals surface area contributed by atoms with Crippen molar-refractivity contribution in [2.45, 2.75) is 0 Å². The van der Waals surface area contributed by atoms with Gasteiger partial charge in [-0.3, -0.25) is 19.3 Å². The van der Waals surface area contributed by atoms with E-state index in [4.69, 9.17) is 10.5 Å². The molecule has 1 heterocycles. The first-order valence-corrected chi connectivity index (χ1v) is 5.73. The van der Waals surface area contributed by atoms with Crippen molar-refractivity contribution in [2.24, 2.45) is 0 Å². The first kappa shape index (κ1) is 13.9. The van der Waals surface area contributed by atoms with Crippen LogP contribution in [0.1, 0.15) is 0 Å². The predicted molar refractivity (Wildman–Crippen MR) is 67.0 cm³/mol. The summed E-state index contributed by atoms with van der Waals surface area (Å²) in [7, 11) is 0.